The Morgan fingerprint density at radius 2 is 1.68 bits per heavy atom. The lowest BCUT2D eigenvalue weighted by Crippen LogP contribution is -2.22. The van der Waals surface area contributed by atoms with Crippen LogP contribution in [0, 0.1) is 0 Å². The third kappa shape index (κ3) is 5.07. The highest BCUT2D eigenvalue weighted by Crippen LogP contribution is 2.19. The summed E-state index contributed by atoms with van der Waals surface area (Å²) < 4.78 is 10.5. The van der Waals surface area contributed by atoms with Gasteiger partial charge in [-0.3, -0.25) is 14.6 Å². The van der Waals surface area contributed by atoms with Crippen molar-refractivity contribution in [2.45, 2.75) is 0 Å². The summed E-state index contributed by atoms with van der Waals surface area (Å²) in [6, 6.07) is 17.1. The van der Waals surface area contributed by atoms with Gasteiger partial charge in [0.1, 0.15) is 11.5 Å². The first-order valence-corrected chi connectivity index (χ1v) is 8.53. The molecule has 0 saturated carbocycles. The Bertz CT molecular complexity index is 943. The second-order valence-corrected chi connectivity index (χ2v) is 5.75. The van der Waals surface area contributed by atoms with Crippen molar-refractivity contribution in [3.63, 3.8) is 0 Å². The largest absolute Gasteiger partial charge is 0.497 e. The van der Waals surface area contributed by atoms with Gasteiger partial charge in [-0.2, -0.15) is 0 Å². The fourth-order valence-electron chi connectivity index (χ4n) is 2.43. The van der Waals surface area contributed by atoms with Crippen LogP contribution in [0.3, 0.4) is 0 Å². The van der Waals surface area contributed by atoms with Crippen molar-refractivity contribution in [1.82, 2.24) is 4.98 Å². The normalized spacial score (nSPS) is 10.0. The molecular formula is C21H19N3O4. The number of hydrogen-bond acceptors (Lipinski definition) is 5. The molecule has 0 fully saturated rings. The van der Waals surface area contributed by atoms with E-state index in [9.17, 15) is 9.59 Å². The number of rotatable bonds is 7. The number of ether oxygens (including phenoxy) is 2. The topological polar surface area (TPSA) is 89.5 Å². The first-order chi connectivity index (χ1) is 13.7. The molecule has 0 radical (unpaired) electrons. The number of pyridine rings is 1. The molecule has 0 saturated heterocycles. The van der Waals surface area contributed by atoms with Gasteiger partial charge in [-0.25, -0.2) is 0 Å². The third-order valence-corrected chi connectivity index (χ3v) is 3.79. The van der Waals surface area contributed by atoms with E-state index in [4.69, 9.17) is 9.47 Å². The third-order valence-electron chi connectivity index (χ3n) is 3.79. The molecule has 0 aliphatic rings. The highest BCUT2D eigenvalue weighted by Gasteiger charge is 2.14. The minimum Gasteiger partial charge on any atom is -0.497 e. The predicted octanol–water partition coefficient (Wildman–Crippen LogP) is 3.36. The molecule has 3 rings (SSSR count). The minimum atomic E-state index is -0.377. The van der Waals surface area contributed by atoms with Crippen molar-refractivity contribution in [3.8, 4) is 11.5 Å². The summed E-state index contributed by atoms with van der Waals surface area (Å²) in [7, 11) is 1.57. The van der Waals surface area contributed by atoms with E-state index in [2.05, 4.69) is 15.6 Å². The van der Waals surface area contributed by atoms with Crippen molar-refractivity contribution >= 4 is 23.2 Å². The number of benzene rings is 2. The second kappa shape index (κ2) is 9.18. The maximum atomic E-state index is 12.5. The predicted molar refractivity (Wildman–Crippen MR) is 106 cm³/mol. The highest BCUT2D eigenvalue weighted by atomic mass is 16.5. The maximum Gasteiger partial charge on any atom is 0.262 e. The van der Waals surface area contributed by atoms with E-state index in [0.29, 0.717) is 28.4 Å². The fourth-order valence-corrected chi connectivity index (χ4v) is 2.43. The van der Waals surface area contributed by atoms with Crippen LogP contribution in [0.2, 0.25) is 0 Å². The van der Waals surface area contributed by atoms with Crippen molar-refractivity contribution in [2.24, 2.45) is 0 Å². The average Bonchev–Trinajstić information content (AvgIpc) is 2.73. The minimum absolute atomic E-state index is 0.190. The first kappa shape index (κ1) is 18.9. The quantitative estimate of drug-likeness (QED) is 0.659. The number of anilines is 2. The number of methoxy groups -OCH3 is 1. The van der Waals surface area contributed by atoms with Crippen molar-refractivity contribution in [1.29, 1.82) is 0 Å². The van der Waals surface area contributed by atoms with Gasteiger partial charge in [-0.15, -0.1) is 0 Å². The smallest absolute Gasteiger partial charge is 0.262 e. The molecule has 0 aliphatic carbocycles. The lowest BCUT2D eigenvalue weighted by molar-refractivity contribution is -0.118. The van der Waals surface area contributed by atoms with Gasteiger partial charge in [-0.1, -0.05) is 12.1 Å². The molecule has 2 N–H and O–H groups in total. The second-order valence-electron chi connectivity index (χ2n) is 5.75. The van der Waals surface area contributed by atoms with E-state index in [0.717, 1.165) is 0 Å². The zero-order chi connectivity index (χ0) is 19.8. The summed E-state index contributed by atoms with van der Waals surface area (Å²) in [6.45, 7) is -0.190. The Hall–Kier alpha value is -3.87. The molecule has 28 heavy (non-hydrogen) atoms. The SMILES string of the molecule is COc1ccc(OCC(=O)Nc2ccccc2C(=O)Nc2cccnc2)cc1. The van der Waals surface area contributed by atoms with Gasteiger partial charge in [0.05, 0.1) is 30.2 Å². The highest BCUT2D eigenvalue weighted by molar-refractivity contribution is 6.10. The van der Waals surface area contributed by atoms with Crippen LogP contribution in [0.15, 0.2) is 73.1 Å². The van der Waals surface area contributed by atoms with Crippen LogP contribution < -0.4 is 20.1 Å². The van der Waals surface area contributed by atoms with Crippen LogP contribution in [0.5, 0.6) is 11.5 Å². The molecule has 0 bridgehead atoms. The number of carbonyl (C=O) groups is 2. The van der Waals surface area contributed by atoms with Gasteiger partial charge in [-0.05, 0) is 48.5 Å². The monoisotopic (exact) mass is 377 g/mol. The van der Waals surface area contributed by atoms with E-state index in [1.165, 1.54) is 0 Å². The summed E-state index contributed by atoms with van der Waals surface area (Å²) in [4.78, 5) is 28.7. The molecule has 0 atom stereocenters. The Morgan fingerprint density at radius 1 is 0.929 bits per heavy atom. The number of nitrogens with zero attached hydrogens (tertiary/aromatic N) is 1. The summed E-state index contributed by atoms with van der Waals surface area (Å²) in [5.41, 5.74) is 1.30. The van der Waals surface area contributed by atoms with Crippen LogP contribution in [0.4, 0.5) is 11.4 Å². The van der Waals surface area contributed by atoms with Gasteiger partial charge in [0.15, 0.2) is 6.61 Å². The number of nitrogens with one attached hydrogen (secondary N) is 2. The van der Waals surface area contributed by atoms with Crippen LogP contribution in [-0.4, -0.2) is 30.5 Å². The molecule has 2 aromatic carbocycles. The lowest BCUT2D eigenvalue weighted by Gasteiger charge is -2.12. The zero-order valence-electron chi connectivity index (χ0n) is 15.2. The van der Waals surface area contributed by atoms with Crippen LogP contribution in [-0.2, 0) is 4.79 Å². The summed E-state index contributed by atoms with van der Waals surface area (Å²) >= 11 is 0. The number of para-hydroxylation sites is 1. The van der Waals surface area contributed by atoms with E-state index >= 15 is 0 Å². The molecule has 1 aromatic heterocycles. The lowest BCUT2D eigenvalue weighted by atomic mass is 10.1. The Balaban J connectivity index is 1.62. The Kier molecular flexibility index (Phi) is 6.20. The molecule has 7 nitrogen and oxygen atoms in total. The van der Waals surface area contributed by atoms with Gasteiger partial charge in [0, 0.05) is 6.20 Å². The fraction of sp³-hybridized carbons (Fsp3) is 0.0952. The average molecular weight is 377 g/mol. The van der Waals surface area contributed by atoms with E-state index in [1.807, 2.05) is 0 Å². The summed E-state index contributed by atoms with van der Waals surface area (Å²) in [5.74, 6) is 0.515. The number of aromatic nitrogens is 1. The van der Waals surface area contributed by atoms with Gasteiger partial charge < -0.3 is 20.1 Å². The first-order valence-electron chi connectivity index (χ1n) is 8.53. The number of hydrogen-bond donors (Lipinski definition) is 2. The van der Waals surface area contributed by atoms with Crippen LogP contribution >= 0.6 is 0 Å². The zero-order valence-corrected chi connectivity index (χ0v) is 15.2. The number of carbonyl (C=O) groups excluding carboxylic acids is 2. The molecule has 0 unspecified atom stereocenters. The molecule has 1 heterocycles. The molecule has 7 heteroatoms. The van der Waals surface area contributed by atoms with Gasteiger partial charge in [0.25, 0.3) is 11.8 Å². The standard InChI is InChI=1S/C21H19N3O4/c1-27-16-8-10-17(11-9-16)28-14-20(25)24-19-7-3-2-6-18(19)21(26)23-15-5-4-12-22-13-15/h2-13H,14H2,1H3,(H,23,26)(H,24,25). The maximum absolute atomic E-state index is 12.5. The Morgan fingerprint density at radius 3 is 2.39 bits per heavy atom. The molecular weight excluding hydrogens is 358 g/mol. The summed E-state index contributed by atoms with van der Waals surface area (Å²) in [5, 5.41) is 5.45. The molecule has 3 aromatic rings. The van der Waals surface area contributed by atoms with Crippen molar-refractivity contribution < 1.29 is 19.1 Å². The Labute approximate surface area is 162 Å². The molecule has 142 valence electrons. The van der Waals surface area contributed by atoms with Crippen molar-refractivity contribution in [3.05, 3.63) is 78.6 Å². The molecule has 0 aliphatic heterocycles. The van der Waals surface area contributed by atoms with Crippen molar-refractivity contribution in [2.75, 3.05) is 24.4 Å². The van der Waals surface area contributed by atoms with E-state index < -0.39 is 0 Å². The number of amides is 2. The van der Waals surface area contributed by atoms with Gasteiger partial charge >= 0.3 is 0 Å². The van der Waals surface area contributed by atoms with Crippen LogP contribution in [0.1, 0.15) is 10.4 Å². The molecule has 2 amide bonds. The summed E-state index contributed by atoms with van der Waals surface area (Å²) in [6.07, 6.45) is 3.16. The molecule has 0 spiro atoms. The van der Waals surface area contributed by atoms with E-state index in [-0.39, 0.29) is 18.4 Å². The van der Waals surface area contributed by atoms with E-state index in [1.54, 1.807) is 80.2 Å². The van der Waals surface area contributed by atoms with Crippen LogP contribution in [0.25, 0.3) is 0 Å². The van der Waals surface area contributed by atoms with Gasteiger partial charge in [0.2, 0.25) is 0 Å².